The molecule has 68 valence electrons. The Hall–Kier alpha value is -1.75. The van der Waals surface area contributed by atoms with Gasteiger partial charge in [0.05, 0.1) is 11.7 Å². The molecule has 2 aromatic heterocycles. The quantitative estimate of drug-likeness (QED) is 0.657. The Bertz CT molecular complexity index is 555. The third kappa shape index (κ3) is 1.10. The Morgan fingerprint density at radius 2 is 2.21 bits per heavy atom. The Kier molecular flexibility index (Phi) is 1.57. The SMILES string of the molecule is c1cc2ccc(-c3nnsn3)cc2[nH]1. The van der Waals surface area contributed by atoms with Crippen molar-refractivity contribution in [1.29, 1.82) is 0 Å². The van der Waals surface area contributed by atoms with Gasteiger partial charge in [-0.05, 0) is 17.5 Å². The maximum Gasteiger partial charge on any atom is 0.196 e. The molecule has 0 aliphatic rings. The second-order valence-corrected chi connectivity index (χ2v) is 3.47. The first-order valence-electron chi connectivity index (χ1n) is 4.16. The van der Waals surface area contributed by atoms with Crippen molar-refractivity contribution in [3.63, 3.8) is 0 Å². The van der Waals surface area contributed by atoms with Gasteiger partial charge >= 0.3 is 0 Å². The molecular weight excluding hydrogens is 196 g/mol. The number of H-pyrrole nitrogens is 1. The minimum Gasteiger partial charge on any atom is -0.361 e. The van der Waals surface area contributed by atoms with E-state index < -0.39 is 0 Å². The average molecular weight is 202 g/mol. The Morgan fingerprint density at radius 1 is 1.21 bits per heavy atom. The summed E-state index contributed by atoms with van der Waals surface area (Å²) < 4.78 is 7.82. The molecule has 1 N–H and O–H groups in total. The van der Waals surface area contributed by atoms with E-state index in [-0.39, 0.29) is 0 Å². The number of hydrogen-bond donors (Lipinski definition) is 1. The van der Waals surface area contributed by atoms with Gasteiger partial charge < -0.3 is 4.98 Å². The molecule has 1 aromatic carbocycles. The van der Waals surface area contributed by atoms with Crippen molar-refractivity contribution in [3.05, 3.63) is 30.5 Å². The van der Waals surface area contributed by atoms with Crippen LogP contribution in [0.15, 0.2) is 30.5 Å². The van der Waals surface area contributed by atoms with E-state index in [1.807, 2.05) is 30.5 Å². The van der Waals surface area contributed by atoms with Crippen LogP contribution in [0.2, 0.25) is 0 Å². The summed E-state index contributed by atoms with van der Waals surface area (Å²) in [5, 5.41) is 5.11. The van der Waals surface area contributed by atoms with E-state index in [1.54, 1.807) is 0 Å². The molecule has 2 heterocycles. The lowest BCUT2D eigenvalue weighted by Crippen LogP contribution is -1.80. The minimum absolute atomic E-state index is 0.687. The van der Waals surface area contributed by atoms with E-state index >= 15 is 0 Å². The number of hydrogen-bond acceptors (Lipinski definition) is 4. The van der Waals surface area contributed by atoms with Crippen LogP contribution in [0.4, 0.5) is 0 Å². The van der Waals surface area contributed by atoms with Crippen LogP contribution in [0.1, 0.15) is 0 Å². The number of fused-ring (bicyclic) bond motifs is 1. The molecule has 5 heteroatoms. The van der Waals surface area contributed by atoms with Crippen molar-refractivity contribution < 1.29 is 0 Å². The summed E-state index contributed by atoms with van der Waals surface area (Å²) in [4.78, 5) is 3.15. The number of aromatic nitrogens is 4. The summed E-state index contributed by atoms with van der Waals surface area (Å²) >= 11 is 1.12. The fourth-order valence-corrected chi connectivity index (χ4v) is 1.80. The van der Waals surface area contributed by atoms with Crippen molar-refractivity contribution in [3.8, 4) is 11.4 Å². The topological polar surface area (TPSA) is 54.5 Å². The zero-order valence-corrected chi connectivity index (χ0v) is 7.95. The molecule has 0 unspecified atom stereocenters. The largest absolute Gasteiger partial charge is 0.361 e. The van der Waals surface area contributed by atoms with Crippen LogP contribution >= 0.6 is 11.7 Å². The van der Waals surface area contributed by atoms with Crippen LogP contribution in [-0.2, 0) is 0 Å². The molecule has 0 aliphatic carbocycles. The number of benzene rings is 1. The zero-order chi connectivity index (χ0) is 9.38. The number of nitrogens with zero attached hydrogens (tertiary/aromatic N) is 3. The van der Waals surface area contributed by atoms with Crippen LogP contribution in [0.3, 0.4) is 0 Å². The van der Waals surface area contributed by atoms with Gasteiger partial charge in [-0.25, -0.2) is 0 Å². The van der Waals surface area contributed by atoms with Crippen molar-refractivity contribution >= 4 is 22.6 Å². The molecular formula is C9H6N4S. The fourth-order valence-electron chi connectivity index (χ4n) is 1.43. The van der Waals surface area contributed by atoms with Crippen LogP contribution in [0, 0.1) is 0 Å². The van der Waals surface area contributed by atoms with Gasteiger partial charge in [0.2, 0.25) is 0 Å². The number of aromatic amines is 1. The standard InChI is InChI=1S/C9H6N4S/c1-2-7(9-11-13-14-12-9)5-8-6(1)3-4-10-8/h1-5,10H. The van der Waals surface area contributed by atoms with Crippen molar-refractivity contribution in [2.24, 2.45) is 0 Å². The zero-order valence-electron chi connectivity index (χ0n) is 7.14. The molecule has 0 bridgehead atoms. The third-order valence-electron chi connectivity index (χ3n) is 2.11. The number of nitrogens with one attached hydrogen (secondary N) is 1. The smallest absolute Gasteiger partial charge is 0.196 e. The second-order valence-electron chi connectivity index (χ2n) is 2.96. The molecule has 0 saturated carbocycles. The maximum absolute atomic E-state index is 4.08. The van der Waals surface area contributed by atoms with Gasteiger partial charge in [-0.15, -0.1) is 5.10 Å². The summed E-state index contributed by atoms with van der Waals surface area (Å²) in [6.45, 7) is 0. The molecule has 0 amide bonds. The molecule has 14 heavy (non-hydrogen) atoms. The highest BCUT2D eigenvalue weighted by Crippen LogP contribution is 2.20. The van der Waals surface area contributed by atoms with Crippen molar-refractivity contribution in [1.82, 2.24) is 18.9 Å². The normalized spacial score (nSPS) is 10.9. The number of rotatable bonds is 1. The summed E-state index contributed by atoms with van der Waals surface area (Å²) in [6.07, 6.45) is 1.92. The maximum atomic E-state index is 4.08. The molecule has 0 saturated heterocycles. The Morgan fingerprint density at radius 3 is 3.07 bits per heavy atom. The molecule has 0 fully saturated rings. The van der Waals surface area contributed by atoms with Crippen LogP contribution in [0.5, 0.6) is 0 Å². The minimum atomic E-state index is 0.687. The van der Waals surface area contributed by atoms with Gasteiger partial charge in [0.15, 0.2) is 5.82 Å². The van der Waals surface area contributed by atoms with Gasteiger partial charge in [0, 0.05) is 17.3 Å². The van der Waals surface area contributed by atoms with Crippen molar-refractivity contribution in [2.75, 3.05) is 0 Å². The van der Waals surface area contributed by atoms with Gasteiger partial charge in [0.1, 0.15) is 0 Å². The Labute approximate surface area is 83.9 Å². The lowest BCUT2D eigenvalue weighted by molar-refractivity contribution is 1.14. The van der Waals surface area contributed by atoms with E-state index in [4.69, 9.17) is 0 Å². The first-order chi connectivity index (χ1) is 6.93. The second kappa shape index (κ2) is 2.88. The molecule has 0 radical (unpaired) electrons. The highest BCUT2D eigenvalue weighted by molar-refractivity contribution is 6.99. The van der Waals surface area contributed by atoms with Gasteiger partial charge in [0.25, 0.3) is 0 Å². The van der Waals surface area contributed by atoms with Crippen LogP contribution in [0.25, 0.3) is 22.3 Å². The molecule has 0 atom stereocenters. The van der Waals surface area contributed by atoms with Gasteiger partial charge in [-0.3, -0.25) is 0 Å². The van der Waals surface area contributed by atoms with E-state index in [1.165, 1.54) is 5.39 Å². The molecule has 3 rings (SSSR count). The predicted molar refractivity (Wildman–Crippen MR) is 55.0 cm³/mol. The lowest BCUT2D eigenvalue weighted by Gasteiger charge is -1.94. The molecule has 0 spiro atoms. The fraction of sp³-hybridized carbons (Fsp3) is 0. The average Bonchev–Trinajstić information content (AvgIpc) is 2.88. The monoisotopic (exact) mass is 202 g/mol. The van der Waals surface area contributed by atoms with E-state index in [0.29, 0.717) is 5.82 Å². The first-order valence-corrected chi connectivity index (χ1v) is 4.89. The summed E-state index contributed by atoms with van der Waals surface area (Å²) in [5.41, 5.74) is 2.09. The molecule has 3 aromatic rings. The van der Waals surface area contributed by atoms with Gasteiger partial charge in [-0.1, -0.05) is 16.6 Å². The van der Waals surface area contributed by atoms with E-state index in [0.717, 1.165) is 22.8 Å². The Balaban J connectivity index is 2.23. The molecule has 0 aliphatic heterocycles. The first kappa shape index (κ1) is 7.64. The highest BCUT2D eigenvalue weighted by Gasteiger charge is 2.03. The molecule has 4 nitrogen and oxygen atoms in total. The highest BCUT2D eigenvalue weighted by atomic mass is 32.1. The van der Waals surface area contributed by atoms with E-state index in [9.17, 15) is 0 Å². The predicted octanol–water partition coefficient (Wildman–Crippen LogP) is 2.08. The lowest BCUT2D eigenvalue weighted by atomic mass is 10.1. The summed E-state index contributed by atoms with van der Waals surface area (Å²) in [6, 6.07) is 8.10. The van der Waals surface area contributed by atoms with Crippen LogP contribution in [-0.4, -0.2) is 18.9 Å². The van der Waals surface area contributed by atoms with Gasteiger partial charge in [-0.2, -0.15) is 4.37 Å². The van der Waals surface area contributed by atoms with E-state index in [2.05, 4.69) is 18.9 Å². The summed E-state index contributed by atoms with van der Waals surface area (Å²) in [7, 11) is 0. The third-order valence-corrected chi connectivity index (χ3v) is 2.52. The summed E-state index contributed by atoms with van der Waals surface area (Å²) in [5.74, 6) is 0.687. The van der Waals surface area contributed by atoms with Crippen LogP contribution < -0.4 is 0 Å². The van der Waals surface area contributed by atoms with Crippen molar-refractivity contribution in [2.45, 2.75) is 0 Å².